The lowest BCUT2D eigenvalue weighted by atomic mass is 9.74. The minimum atomic E-state index is -0.157. The van der Waals surface area contributed by atoms with Crippen molar-refractivity contribution in [2.75, 3.05) is 0 Å². The Bertz CT molecular complexity index is 1330. The van der Waals surface area contributed by atoms with E-state index in [1.54, 1.807) is 0 Å². The molecule has 1 aliphatic rings. The maximum absolute atomic E-state index is 3.55. The Labute approximate surface area is 158 Å². The molecule has 27 heavy (non-hydrogen) atoms. The van der Waals surface area contributed by atoms with Crippen LogP contribution in [0.1, 0.15) is 23.6 Å². The Kier molecular flexibility index (Phi) is 2.73. The molecule has 1 N–H and O–H groups in total. The highest BCUT2D eigenvalue weighted by atomic mass is 14.7. The molecule has 1 aromatic heterocycles. The van der Waals surface area contributed by atoms with Gasteiger partial charge in [0.15, 0.2) is 0 Å². The van der Waals surface area contributed by atoms with Crippen LogP contribution >= 0.6 is 0 Å². The molecule has 4 aromatic carbocycles. The normalized spacial score (nSPS) is 17.7. The Morgan fingerprint density at radius 2 is 1.48 bits per heavy atom. The van der Waals surface area contributed by atoms with E-state index in [1.165, 1.54) is 44.1 Å². The van der Waals surface area contributed by atoms with E-state index >= 15 is 0 Å². The standard InChI is InChI=1S/C26H17N/c1-26(17-9-3-2-4-10-17)22-13-7-5-11-18(22)20-16-25-21(15-23(20)26)19-12-6-8-14-24(19)27-25/h2-5,7,9-16,27H,1H3. The summed E-state index contributed by atoms with van der Waals surface area (Å²) in [5.41, 5.74) is 8.86. The highest BCUT2D eigenvalue weighted by molar-refractivity contribution is 6.09. The highest BCUT2D eigenvalue weighted by Gasteiger charge is 2.40. The van der Waals surface area contributed by atoms with Crippen molar-refractivity contribution in [3.63, 3.8) is 0 Å². The molecule has 0 amide bonds. The van der Waals surface area contributed by atoms with Crippen LogP contribution in [0.3, 0.4) is 0 Å². The smallest absolute Gasteiger partial charge is 0.0556 e. The second-order valence-electron chi connectivity index (χ2n) is 7.51. The zero-order valence-electron chi connectivity index (χ0n) is 15.0. The maximum atomic E-state index is 3.55. The first kappa shape index (κ1) is 14.6. The zero-order chi connectivity index (χ0) is 18.0. The first-order chi connectivity index (χ1) is 13.3. The van der Waals surface area contributed by atoms with E-state index in [9.17, 15) is 0 Å². The minimum Gasteiger partial charge on any atom is -0.354 e. The Morgan fingerprint density at radius 3 is 2.37 bits per heavy atom. The number of aromatic nitrogens is 1. The van der Waals surface area contributed by atoms with Crippen molar-refractivity contribution in [2.24, 2.45) is 0 Å². The number of aromatic amines is 1. The third-order valence-corrected chi connectivity index (χ3v) is 6.17. The molecule has 126 valence electrons. The molecule has 0 radical (unpaired) electrons. The molecule has 1 heteroatoms. The molecule has 0 saturated heterocycles. The van der Waals surface area contributed by atoms with Gasteiger partial charge in [0.05, 0.1) is 5.52 Å². The molecule has 1 unspecified atom stereocenters. The van der Waals surface area contributed by atoms with Gasteiger partial charge in [-0.3, -0.25) is 0 Å². The van der Waals surface area contributed by atoms with E-state index in [0.717, 1.165) is 5.52 Å². The number of H-pyrrole nitrogens is 1. The number of nitrogens with one attached hydrogen (secondary N) is 1. The molecule has 1 atom stereocenters. The van der Waals surface area contributed by atoms with Gasteiger partial charge in [-0.05, 0) is 52.9 Å². The van der Waals surface area contributed by atoms with Crippen molar-refractivity contribution in [3.05, 3.63) is 108 Å². The van der Waals surface area contributed by atoms with Crippen LogP contribution < -0.4 is 0 Å². The van der Waals surface area contributed by atoms with E-state index in [2.05, 4.69) is 90.8 Å². The van der Waals surface area contributed by atoms with E-state index in [4.69, 9.17) is 0 Å². The summed E-state index contributed by atoms with van der Waals surface area (Å²) in [6.45, 7) is 2.35. The fourth-order valence-corrected chi connectivity index (χ4v) is 4.80. The summed E-state index contributed by atoms with van der Waals surface area (Å²) in [4.78, 5) is 3.55. The molecule has 6 rings (SSSR count). The summed E-state index contributed by atoms with van der Waals surface area (Å²) in [5.74, 6) is 0. The maximum Gasteiger partial charge on any atom is 0.0556 e. The molecular formula is C26H17N. The zero-order valence-corrected chi connectivity index (χ0v) is 15.0. The van der Waals surface area contributed by atoms with Gasteiger partial charge in [0.2, 0.25) is 0 Å². The van der Waals surface area contributed by atoms with Crippen LogP contribution in [0.25, 0.3) is 32.9 Å². The summed E-state index contributed by atoms with van der Waals surface area (Å²) in [6.07, 6.45) is 0. The van der Waals surface area contributed by atoms with Crippen LogP contribution in [-0.2, 0) is 5.41 Å². The molecule has 5 aromatic rings. The monoisotopic (exact) mass is 343 g/mol. The first-order valence-electron chi connectivity index (χ1n) is 9.30. The van der Waals surface area contributed by atoms with Gasteiger partial charge in [-0.25, -0.2) is 0 Å². The van der Waals surface area contributed by atoms with Crippen molar-refractivity contribution < 1.29 is 0 Å². The third-order valence-electron chi connectivity index (χ3n) is 6.17. The summed E-state index contributed by atoms with van der Waals surface area (Å²) in [6, 6.07) is 34.5. The fourth-order valence-electron chi connectivity index (χ4n) is 4.80. The van der Waals surface area contributed by atoms with Crippen LogP contribution in [-0.4, -0.2) is 4.98 Å². The Balaban J connectivity index is 1.77. The molecule has 1 nitrogen and oxygen atoms in total. The number of rotatable bonds is 1. The highest BCUT2D eigenvalue weighted by Crippen LogP contribution is 2.53. The third kappa shape index (κ3) is 1.80. The van der Waals surface area contributed by atoms with E-state index < -0.39 is 0 Å². The van der Waals surface area contributed by atoms with E-state index in [0.29, 0.717) is 0 Å². The number of hydrogen-bond donors (Lipinski definition) is 1. The van der Waals surface area contributed by atoms with E-state index in [1.807, 2.05) is 12.1 Å². The van der Waals surface area contributed by atoms with Crippen molar-refractivity contribution in [1.82, 2.24) is 4.98 Å². The van der Waals surface area contributed by atoms with Gasteiger partial charge in [0, 0.05) is 27.8 Å². The predicted molar refractivity (Wildman–Crippen MR) is 111 cm³/mol. The van der Waals surface area contributed by atoms with Crippen molar-refractivity contribution in [2.45, 2.75) is 12.3 Å². The van der Waals surface area contributed by atoms with Gasteiger partial charge in [0.25, 0.3) is 0 Å². The van der Waals surface area contributed by atoms with Gasteiger partial charge in [-0.15, -0.1) is 0 Å². The molecule has 1 heterocycles. The second kappa shape index (κ2) is 5.02. The quantitative estimate of drug-likeness (QED) is 0.370. The molecular weight excluding hydrogens is 326 g/mol. The summed E-state index contributed by atoms with van der Waals surface area (Å²) < 4.78 is 0. The van der Waals surface area contributed by atoms with Gasteiger partial charge in [-0.1, -0.05) is 66.7 Å². The molecule has 0 saturated carbocycles. The van der Waals surface area contributed by atoms with Crippen LogP contribution in [0.2, 0.25) is 0 Å². The fraction of sp³-hybridized carbons (Fsp3) is 0.0769. The van der Waals surface area contributed by atoms with Gasteiger partial charge in [-0.2, -0.15) is 0 Å². The van der Waals surface area contributed by atoms with Crippen molar-refractivity contribution >= 4 is 21.8 Å². The summed E-state index contributed by atoms with van der Waals surface area (Å²) >= 11 is 0. The SMILES string of the molecule is CC1(c2ccccc2)c2ccccc2-c2cc3[nH]c4cc#ccc4c3cc21. The molecule has 0 aliphatic heterocycles. The summed E-state index contributed by atoms with van der Waals surface area (Å²) in [7, 11) is 0. The lowest BCUT2D eigenvalue weighted by molar-refractivity contribution is 0.715. The molecule has 1 aliphatic carbocycles. The summed E-state index contributed by atoms with van der Waals surface area (Å²) in [5, 5.41) is 2.46. The molecule has 0 spiro atoms. The van der Waals surface area contributed by atoms with Crippen molar-refractivity contribution in [1.29, 1.82) is 0 Å². The number of hydrogen-bond acceptors (Lipinski definition) is 0. The van der Waals surface area contributed by atoms with Gasteiger partial charge >= 0.3 is 0 Å². The largest absolute Gasteiger partial charge is 0.354 e. The Morgan fingerprint density at radius 1 is 0.704 bits per heavy atom. The number of fused-ring (bicyclic) bond motifs is 6. The molecule has 0 fully saturated rings. The average molecular weight is 343 g/mol. The Hall–Kier alpha value is -3.50. The van der Waals surface area contributed by atoms with Gasteiger partial charge < -0.3 is 4.98 Å². The number of benzene rings is 3. The second-order valence-corrected chi connectivity index (χ2v) is 7.51. The van der Waals surface area contributed by atoms with E-state index in [-0.39, 0.29) is 5.41 Å². The van der Waals surface area contributed by atoms with Gasteiger partial charge in [0.1, 0.15) is 0 Å². The first-order valence-corrected chi connectivity index (χ1v) is 9.30. The van der Waals surface area contributed by atoms with Crippen LogP contribution in [0.4, 0.5) is 0 Å². The minimum absolute atomic E-state index is 0.157. The lowest BCUT2D eigenvalue weighted by Gasteiger charge is -2.28. The molecule has 0 bridgehead atoms. The van der Waals surface area contributed by atoms with Crippen LogP contribution in [0.5, 0.6) is 0 Å². The van der Waals surface area contributed by atoms with Crippen LogP contribution in [0.15, 0.2) is 78.9 Å². The van der Waals surface area contributed by atoms with Crippen molar-refractivity contribution in [3.8, 4) is 11.1 Å². The lowest BCUT2D eigenvalue weighted by Crippen LogP contribution is -2.22. The predicted octanol–water partition coefficient (Wildman–Crippen LogP) is 6.26. The van der Waals surface area contributed by atoms with Crippen LogP contribution in [0, 0.1) is 12.1 Å². The average Bonchev–Trinajstić information content (AvgIpc) is 3.22. The topological polar surface area (TPSA) is 15.8 Å².